The molecule has 0 bridgehead atoms. The maximum atomic E-state index is 13.4. The molecule has 4 heterocycles. The number of ether oxygens (including phenoxy) is 1. The maximum absolute atomic E-state index is 13.4. The van der Waals surface area contributed by atoms with Crippen molar-refractivity contribution in [1.29, 1.82) is 0 Å². The molecule has 0 saturated carbocycles. The number of carbonyl (C=O) groups excluding carboxylic acids is 1. The van der Waals surface area contributed by atoms with Crippen LogP contribution in [0.25, 0.3) is 0 Å². The van der Waals surface area contributed by atoms with Crippen LogP contribution < -0.4 is 20.3 Å². The number of nitrogens with two attached hydrogens (primary N) is 1. The molecule has 0 radical (unpaired) electrons. The van der Waals surface area contributed by atoms with Crippen molar-refractivity contribution in [3.8, 4) is 5.75 Å². The fourth-order valence-electron chi connectivity index (χ4n) is 4.06. The number of rotatable bonds is 6. The highest BCUT2D eigenvalue weighted by molar-refractivity contribution is 6.04. The summed E-state index contributed by atoms with van der Waals surface area (Å²) < 4.78 is 5.55. The quantitative estimate of drug-likeness (QED) is 0.631. The number of aromatic nitrogens is 4. The van der Waals surface area contributed by atoms with Crippen molar-refractivity contribution in [2.75, 3.05) is 29.2 Å². The van der Waals surface area contributed by atoms with Crippen LogP contribution in [0.1, 0.15) is 29.3 Å². The predicted molar refractivity (Wildman–Crippen MR) is 123 cm³/mol. The van der Waals surface area contributed by atoms with E-state index in [-0.39, 0.29) is 11.9 Å². The van der Waals surface area contributed by atoms with E-state index in [1.807, 2.05) is 44.0 Å². The van der Waals surface area contributed by atoms with Crippen LogP contribution in [0.4, 0.5) is 17.5 Å². The zero-order chi connectivity index (χ0) is 22.8. The normalized spacial score (nSPS) is 15.6. The molecule has 1 aliphatic rings. The van der Waals surface area contributed by atoms with Gasteiger partial charge in [0, 0.05) is 36.3 Å². The third-order valence-corrected chi connectivity index (χ3v) is 5.84. The van der Waals surface area contributed by atoms with Gasteiger partial charge >= 0.3 is 0 Å². The third kappa shape index (κ3) is 3.93. The SMILES string of the molecule is COc1c(C)cnc(CN2c3nc(N)ncc3N(CCc3cccnc3)C(=O)[C@H]2C)c1C. The van der Waals surface area contributed by atoms with Gasteiger partial charge in [-0.1, -0.05) is 6.07 Å². The Hall–Kier alpha value is -3.75. The Balaban J connectivity index is 1.68. The van der Waals surface area contributed by atoms with Gasteiger partial charge in [0.2, 0.25) is 11.9 Å². The lowest BCUT2D eigenvalue weighted by molar-refractivity contribution is -0.119. The van der Waals surface area contributed by atoms with Gasteiger partial charge in [-0.25, -0.2) is 4.98 Å². The molecule has 0 saturated heterocycles. The Morgan fingerprint density at radius 3 is 2.72 bits per heavy atom. The molecule has 0 fully saturated rings. The van der Waals surface area contributed by atoms with Crippen molar-refractivity contribution in [2.45, 2.75) is 39.8 Å². The molecule has 0 spiro atoms. The summed E-state index contributed by atoms with van der Waals surface area (Å²) in [6, 6.07) is 3.44. The minimum absolute atomic E-state index is 0.0218. The Labute approximate surface area is 187 Å². The van der Waals surface area contributed by atoms with Gasteiger partial charge in [0.15, 0.2) is 5.82 Å². The van der Waals surface area contributed by atoms with Crippen molar-refractivity contribution in [3.05, 3.63) is 59.3 Å². The molecular formula is C23H27N7O2. The molecule has 166 valence electrons. The first-order valence-corrected chi connectivity index (χ1v) is 10.5. The zero-order valence-corrected chi connectivity index (χ0v) is 18.7. The maximum Gasteiger partial charge on any atom is 0.249 e. The highest BCUT2D eigenvalue weighted by Crippen LogP contribution is 2.36. The molecule has 0 unspecified atom stereocenters. The fraction of sp³-hybridized carbons (Fsp3) is 0.348. The van der Waals surface area contributed by atoms with Crippen molar-refractivity contribution in [3.63, 3.8) is 0 Å². The van der Waals surface area contributed by atoms with Crippen molar-refractivity contribution < 1.29 is 9.53 Å². The van der Waals surface area contributed by atoms with E-state index in [4.69, 9.17) is 10.5 Å². The number of pyridine rings is 2. The summed E-state index contributed by atoms with van der Waals surface area (Å²) in [4.78, 5) is 34.5. The first-order chi connectivity index (χ1) is 15.4. The molecule has 4 rings (SSSR count). The van der Waals surface area contributed by atoms with E-state index in [0.29, 0.717) is 31.0 Å². The van der Waals surface area contributed by atoms with Crippen LogP contribution in [0, 0.1) is 13.8 Å². The number of nitrogens with zero attached hydrogens (tertiary/aromatic N) is 6. The summed E-state index contributed by atoms with van der Waals surface area (Å²) in [6.45, 7) is 6.70. The topological polar surface area (TPSA) is 110 Å². The number of hydrogen-bond donors (Lipinski definition) is 1. The number of amides is 1. The average molecular weight is 434 g/mol. The van der Waals surface area contributed by atoms with Crippen LogP contribution in [0.2, 0.25) is 0 Å². The molecule has 32 heavy (non-hydrogen) atoms. The molecule has 3 aromatic heterocycles. The van der Waals surface area contributed by atoms with E-state index in [0.717, 1.165) is 28.1 Å². The van der Waals surface area contributed by atoms with Crippen LogP contribution in [-0.4, -0.2) is 45.5 Å². The molecule has 0 aliphatic carbocycles. The van der Waals surface area contributed by atoms with E-state index in [9.17, 15) is 4.79 Å². The Bertz CT molecular complexity index is 1140. The lowest BCUT2D eigenvalue weighted by atomic mass is 10.1. The van der Waals surface area contributed by atoms with Crippen molar-refractivity contribution in [1.82, 2.24) is 19.9 Å². The summed E-state index contributed by atoms with van der Waals surface area (Å²) in [7, 11) is 1.65. The van der Waals surface area contributed by atoms with Crippen LogP contribution in [-0.2, 0) is 17.8 Å². The van der Waals surface area contributed by atoms with Gasteiger partial charge in [-0.3, -0.25) is 14.8 Å². The van der Waals surface area contributed by atoms with Gasteiger partial charge < -0.3 is 20.3 Å². The molecule has 0 aromatic carbocycles. The predicted octanol–water partition coefficient (Wildman–Crippen LogP) is 2.46. The standard InChI is InChI=1S/C23H27N7O2/c1-14-10-26-18(15(2)20(14)32-4)13-30-16(3)22(31)29(9-7-17-6-5-8-25-11-17)19-12-27-23(24)28-21(19)30/h5-6,8,10-12,16H,7,9,13H2,1-4H3,(H2,24,27,28)/t16-/m1/s1. The lowest BCUT2D eigenvalue weighted by Crippen LogP contribution is -2.53. The summed E-state index contributed by atoms with van der Waals surface area (Å²) in [5.74, 6) is 1.56. The average Bonchev–Trinajstić information content (AvgIpc) is 2.79. The second kappa shape index (κ2) is 8.78. The molecule has 9 nitrogen and oxygen atoms in total. The highest BCUT2D eigenvalue weighted by atomic mass is 16.5. The first kappa shape index (κ1) is 21.5. The number of fused-ring (bicyclic) bond motifs is 1. The molecule has 9 heteroatoms. The number of hydrogen-bond acceptors (Lipinski definition) is 8. The number of carbonyl (C=O) groups is 1. The number of aryl methyl sites for hydroxylation is 1. The largest absolute Gasteiger partial charge is 0.496 e. The first-order valence-electron chi connectivity index (χ1n) is 10.5. The Morgan fingerprint density at radius 2 is 2.00 bits per heavy atom. The van der Waals surface area contributed by atoms with E-state index in [2.05, 4.69) is 19.9 Å². The molecule has 3 aromatic rings. The Kier molecular flexibility index (Phi) is 5.89. The monoisotopic (exact) mass is 433 g/mol. The van der Waals surface area contributed by atoms with Crippen LogP contribution in [0.15, 0.2) is 36.9 Å². The highest BCUT2D eigenvalue weighted by Gasteiger charge is 2.37. The summed E-state index contributed by atoms with van der Waals surface area (Å²) in [5, 5.41) is 0. The second-order valence-electron chi connectivity index (χ2n) is 7.89. The smallest absolute Gasteiger partial charge is 0.249 e. The Morgan fingerprint density at radius 1 is 1.19 bits per heavy atom. The van der Waals surface area contributed by atoms with E-state index in [1.165, 1.54) is 0 Å². The minimum atomic E-state index is -0.445. The number of anilines is 3. The summed E-state index contributed by atoms with van der Waals surface area (Å²) in [6.07, 6.45) is 7.62. The van der Waals surface area contributed by atoms with Crippen LogP contribution in [0.5, 0.6) is 5.75 Å². The van der Waals surface area contributed by atoms with E-state index in [1.54, 1.807) is 30.6 Å². The summed E-state index contributed by atoms with van der Waals surface area (Å²) >= 11 is 0. The van der Waals surface area contributed by atoms with Crippen LogP contribution >= 0.6 is 0 Å². The molecular weight excluding hydrogens is 406 g/mol. The third-order valence-electron chi connectivity index (χ3n) is 5.84. The minimum Gasteiger partial charge on any atom is -0.496 e. The van der Waals surface area contributed by atoms with Gasteiger partial charge in [0.1, 0.15) is 17.5 Å². The molecule has 1 atom stereocenters. The summed E-state index contributed by atoms with van der Waals surface area (Å²) in [5.41, 5.74) is 10.3. The van der Waals surface area contributed by atoms with Gasteiger partial charge in [-0.05, 0) is 38.8 Å². The molecule has 1 aliphatic heterocycles. The van der Waals surface area contributed by atoms with Gasteiger partial charge in [-0.15, -0.1) is 0 Å². The fourth-order valence-corrected chi connectivity index (χ4v) is 4.06. The van der Waals surface area contributed by atoms with Gasteiger partial charge in [0.25, 0.3) is 0 Å². The van der Waals surface area contributed by atoms with Crippen molar-refractivity contribution >= 4 is 23.4 Å². The van der Waals surface area contributed by atoms with Crippen molar-refractivity contribution in [2.24, 2.45) is 0 Å². The molecule has 1 amide bonds. The van der Waals surface area contributed by atoms with Gasteiger partial charge in [0.05, 0.1) is 25.5 Å². The van der Waals surface area contributed by atoms with E-state index < -0.39 is 6.04 Å². The molecule has 2 N–H and O–H groups in total. The zero-order valence-electron chi connectivity index (χ0n) is 18.7. The van der Waals surface area contributed by atoms with Crippen LogP contribution in [0.3, 0.4) is 0 Å². The van der Waals surface area contributed by atoms with E-state index >= 15 is 0 Å². The number of nitrogen functional groups attached to an aromatic ring is 1. The van der Waals surface area contributed by atoms with Gasteiger partial charge in [-0.2, -0.15) is 4.98 Å². The second-order valence-corrected chi connectivity index (χ2v) is 7.89. The number of methoxy groups -OCH3 is 1. The lowest BCUT2D eigenvalue weighted by Gasteiger charge is -2.40.